The molecule has 0 saturated heterocycles. The molecule has 160 valence electrons. The summed E-state index contributed by atoms with van der Waals surface area (Å²) in [7, 11) is 0. The highest BCUT2D eigenvalue weighted by molar-refractivity contribution is 6.32. The van der Waals surface area contributed by atoms with E-state index in [1.807, 2.05) is 36.4 Å². The van der Waals surface area contributed by atoms with E-state index in [4.69, 9.17) is 46.4 Å². The fraction of sp³-hybridized carbons (Fsp3) is 0.167. The van der Waals surface area contributed by atoms with Gasteiger partial charge in [-0.05, 0) is 46.5 Å². The van der Waals surface area contributed by atoms with Gasteiger partial charge in [-0.3, -0.25) is 0 Å². The highest BCUT2D eigenvalue weighted by Gasteiger charge is 2.54. The number of aromatic nitrogens is 4. The monoisotopic (exact) mass is 500 g/mol. The molecule has 0 aliphatic heterocycles. The number of hydrogen-bond acceptors (Lipinski definition) is 4. The minimum atomic E-state index is -0.0670. The third kappa shape index (κ3) is 4.08. The molecule has 0 bridgehead atoms. The molecule has 1 aliphatic rings. The van der Waals surface area contributed by atoms with Crippen LogP contribution in [0.2, 0.25) is 20.9 Å². The summed E-state index contributed by atoms with van der Waals surface area (Å²) in [6, 6.07) is 24.3. The van der Waals surface area contributed by atoms with Gasteiger partial charge in [-0.2, -0.15) is 0 Å². The summed E-state index contributed by atoms with van der Waals surface area (Å²) in [5.74, 6) is 0.0848. The molecule has 0 N–H and O–H groups in total. The molecule has 2 aromatic heterocycles. The first-order chi connectivity index (χ1) is 15.5. The molecule has 2 heterocycles. The van der Waals surface area contributed by atoms with Crippen molar-refractivity contribution in [3.63, 3.8) is 0 Å². The van der Waals surface area contributed by atoms with Crippen LogP contribution in [0.1, 0.15) is 46.2 Å². The highest BCUT2D eigenvalue weighted by atomic mass is 35.5. The van der Waals surface area contributed by atoms with E-state index in [2.05, 4.69) is 44.2 Å². The van der Waals surface area contributed by atoms with Gasteiger partial charge in [0.2, 0.25) is 10.6 Å². The maximum Gasteiger partial charge on any atom is 0.224 e. The average Bonchev–Trinajstić information content (AvgIpc) is 2.73. The van der Waals surface area contributed by atoms with E-state index in [0.717, 1.165) is 11.4 Å². The van der Waals surface area contributed by atoms with Gasteiger partial charge in [0, 0.05) is 23.7 Å². The van der Waals surface area contributed by atoms with Gasteiger partial charge in [0.15, 0.2) is 0 Å². The molecule has 0 unspecified atom stereocenters. The van der Waals surface area contributed by atoms with Gasteiger partial charge >= 0.3 is 0 Å². The molecule has 4 atom stereocenters. The fourth-order valence-electron chi connectivity index (χ4n) is 4.82. The van der Waals surface area contributed by atoms with Crippen molar-refractivity contribution >= 4 is 46.4 Å². The summed E-state index contributed by atoms with van der Waals surface area (Å²) < 4.78 is 0. The van der Waals surface area contributed by atoms with Crippen LogP contribution in [0.25, 0.3) is 0 Å². The van der Waals surface area contributed by atoms with E-state index in [-0.39, 0.29) is 34.2 Å². The van der Waals surface area contributed by atoms with Crippen molar-refractivity contribution in [3.8, 4) is 0 Å². The van der Waals surface area contributed by atoms with Gasteiger partial charge in [0.25, 0.3) is 0 Å². The van der Waals surface area contributed by atoms with Crippen LogP contribution in [-0.4, -0.2) is 19.9 Å². The summed E-state index contributed by atoms with van der Waals surface area (Å²) in [5.41, 5.74) is 3.90. The molecule has 4 nitrogen and oxygen atoms in total. The van der Waals surface area contributed by atoms with E-state index in [1.165, 1.54) is 11.1 Å². The lowest BCUT2D eigenvalue weighted by atomic mass is 9.50. The second-order valence-corrected chi connectivity index (χ2v) is 9.14. The molecule has 32 heavy (non-hydrogen) atoms. The third-order valence-electron chi connectivity index (χ3n) is 5.97. The minimum Gasteiger partial charge on any atom is -0.223 e. The van der Waals surface area contributed by atoms with Crippen LogP contribution in [0.4, 0.5) is 0 Å². The zero-order valence-electron chi connectivity index (χ0n) is 16.5. The van der Waals surface area contributed by atoms with Crippen molar-refractivity contribution in [2.75, 3.05) is 0 Å². The first-order valence-corrected chi connectivity index (χ1v) is 11.5. The number of halogens is 4. The van der Waals surface area contributed by atoms with Crippen molar-refractivity contribution in [1.29, 1.82) is 0 Å². The maximum atomic E-state index is 6.26. The Balaban J connectivity index is 1.72. The van der Waals surface area contributed by atoms with Crippen molar-refractivity contribution in [3.05, 3.63) is 116 Å². The van der Waals surface area contributed by atoms with E-state index in [9.17, 15) is 0 Å². The Morgan fingerprint density at radius 1 is 0.469 bits per heavy atom. The fourth-order valence-corrected chi connectivity index (χ4v) is 5.67. The highest BCUT2D eigenvalue weighted by Crippen LogP contribution is 2.66. The summed E-state index contributed by atoms with van der Waals surface area (Å²) in [5, 5.41) is 0.819. The van der Waals surface area contributed by atoms with E-state index < -0.39 is 0 Å². The molecular formula is C24H16Cl4N4. The van der Waals surface area contributed by atoms with Gasteiger partial charge in [-0.1, -0.05) is 83.9 Å². The van der Waals surface area contributed by atoms with Crippen LogP contribution in [0.3, 0.4) is 0 Å². The molecule has 0 radical (unpaired) electrons. The predicted molar refractivity (Wildman–Crippen MR) is 128 cm³/mol. The lowest BCUT2D eigenvalue weighted by Crippen LogP contribution is -2.41. The SMILES string of the molecule is Clc1cc([C@@H]2[C@@H](c3ccccc3)[C@H](c3ccccc3)[C@H]2c2cc(Cl)nc(Cl)n2)nc(Cl)n1. The first-order valence-electron chi connectivity index (χ1n) is 10.0. The Labute approximate surface area is 205 Å². The molecule has 0 spiro atoms. The largest absolute Gasteiger partial charge is 0.224 e. The van der Waals surface area contributed by atoms with E-state index in [0.29, 0.717) is 10.3 Å². The average molecular weight is 502 g/mol. The van der Waals surface area contributed by atoms with Gasteiger partial charge in [0.05, 0.1) is 11.4 Å². The van der Waals surface area contributed by atoms with E-state index in [1.54, 1.807) is 12.1 Å². The summed E-state index contributed by atoms with van der Waals surface area (Å²) in [6.45, 7) is 0. The molecule has 1 aliphatic carbocycles. The van der Waals surface area contributed by atoms with E-state index >= 15 is 0 Å². The van der Waals surface area contributed by atoms with Gasteiger partial charge in [-0.15, -0.1) is 0 Å². The Morgan fingerprint density at radius 3 is 1.19 bits per heavy atom. The van der Waals surface area contributed by atoms with Crippen LogP contribution < -0.4 is 0 Å². The van der Waals surface area contributed by atoms with Crippen molar-refractivity contribution in [1.82, 2.24) is 19.9 Å². The Kier molecular flexibility index (Phi) is 6.04. The zero-order chi connectivity index (χ0) is 22.2. The summed E-state index contributed by atoms with van der Waals surface area (Å²) in [4.78, 5) is 17.1. The molecule has 4 aromatic rings. The number of benzene rings is 2. The van der Waals surface area contributed by atoms with Gasteiger partial charge in [-0.25, -0.2) is 19.9 Å². The molecule has 0 amide bonds. The van der Waals surface area contributed by atoms with Crippen LogP contribution >= 0.6 is 46.4 Å². The summed E-state index contributed by atoms with van der Waals surface area (Å²) >= 11 is 24.9. The van der Waals surface area contributed by atoms with Crippen molar-refractivity contribution in [2.45, 2.75) is 23.7 Å². The number of nitrogens with zero attached hydrogens (tertiary/aromatic N) is 4. The smallest absolute Gasteiger partial charge is 0.223 e. The van der Waals surface area contributed by atoms with Crippen LogP contribution in [0.5, 0.6) is 0 Å². The molecule has 2 aromatic carbocycles. The quantitative estimate of drug-likeness (QED) is 0.217. The lowest BCUT2D eigenvalue weighted by molar-refractivity contribution is 0.220. The Hall–Kier alpha value is -2.24. The minimum absolute atomic E-state index is 0.0670. The molecule has 8 heteroatoms. The van der Waals surface area contributed by atoms with Crippen LogP contribution in [0.15, 0.2) is 72.8 Å². The maximum absolute atomic E-state index is 6.26. The molecule has 1 fully saturated rings. The van der Waals surface area contributed by atoms with Crippen molar-refractivity contribution < 1.29 is 0 Å². The van der Waals surface area contributed by atoms with Crippen LogP contribution in [0, 0.1) is 0 Å². The Morgan fingerprint density at radius 2 is 0.844 bits per heavy atom. The number of rotatable bonds is 4. The van der Waals surface area contributed by atoms with Crippen LogP contribution in [-0.2, 0) is 0 Å². The topological polar surface area (TPSA) is 51.6 Å². The number of hydrogen-bond donors (Lipinski definition) is 0. The standard InChI is InChI=1S/C24H16Cl4N4/c25-17-11-15(29-23(27)31-17)21-19(13-7-3-1-4-8-13)20(14-9-5-2-6-10-14)22(21)16-12-18(26)32-24(28)30-16/h1-12,19-22H/t19-,20-,21+,22+/m0/s1. The predicted octanol–water partition coefficient (Wildman–Crippen LogP) is 7.33. The van der Waals surface area contributed by atoms with Gasteiger partial charge in [0.1, 0.15) is 10.3 Å². The molecular weight excluding hydrogens is 486 g/mol. The second-order valence-electron chi connectivity index (χ2n) is 7.69. The normalized spacial score (nSPS) is 22.4. The summed E-state index contributed by atoms with van der Waals surface area (Å²) in [6.07, 6.45) is 0. The second kappa shape index (κ2) is 8.95. The Bertz CT molecular complexity index is 1110. The van der Waals surface area contributed by atoms with Crippen molar-refractivity contribution in [2.24, 2.45) is 0 Å². The zero-order valence-corrected chi connectivity index (χ0v) is 19.6. The molecule has 5 rings (SSSR count). The van der Waals surface area contributed by atoms with Gasteiger partial charge < -0.3 is 0 Å². The third-order valence-corrected chi connectivity index (χ3v) is 6.70. The molecule has 1 saturated carbocycles. The first kappa shape index (κ1) is 21.6. The lowest BCUT2D eigenvalue weighted by Gasteiger charge is -2.52.